The van der Waals surface area contributed by atoms with E-state index in [0.717, 1.165) is 6.07 Å². The van der Waals surface area contributed by atoms with Crippen LogP contribution in [0.2, 0.25) is 5.02 Å². The third-order valence-electron chi connectivity index (χ3n) is 2.62. The van der Waals surface area contributed by atoms with E-state index in [4.69, 9.17) is 16.7 Å². The maximum absolute atomic E-state index is 12.0. The SMILES string of the molecule is CSCC[C@H](NC(=O)c1cc([N+](=O)[O-])ccc1Cl)C(=O)O. The number of halogens is 1. The summed E-state index contributed by atoms with van der Waals surface area (Å²) in [7, 11) is 0. The van der Waals surface area contributed by atoms with Crippen molar-refractivity contribution in [1.82, 2.24) is 5.32 Å². The Hall–Kier alpha value is -1.80. The third kappa shape index (κ3) is 4.91. The second-order valence-corrected chi connectivity index (χ2v) is 5.46. The van der Waals surface area contributed by atoms with E-state index in [1.165, 1.54) is 23.9 Å². The Morgan fingerprint density at radius 1 is 1.52 bits per heavy atom. The minimum Gasteiger partial charge on any atom is -0.480 e. The number of thioether (sulfide) groups is 1. The van der Waals surface area contributed by atoms with E-state index in [-0.39, 0.29) is 22.7 Å². The predicted molar refractivity (Wildman–Crippen MR) is 80.0 cm³/mol. The molecule has 21 heavy (non-hydrogen) atoms. The Kier molecular flexibility index (Phi) is 6.44. The topological polar surface area (TPSA) is 110 Å². The molecule has 1 amide bonds. The van der Waals surface area contributed by atoms with Crippen LogP contribution >= 0.6 is 23.4 Å². The van der Waals surface area contributed by atoms with Crippen molar-refractivity contribution < 1.29 is 19.6 Å². The summed E-state index contributed by atoms with van der Waals surface area (Å²) in [5.41, 5.74) is -0.415. The molecule has 9 heteroatoms. The number of hydrogen-bond acceptors (Lipinski definition) is 5. The average molecular weight is 333 g/mol. The predicted octanol–water partition coefficient (Wildman–Crippen LogP) is 2.18. The van der Waals surface area contributed by atoms with Crippen LogP contribution in [0.5, 0.6) is 0 Å². The highest BCUT2D eigenvalue weighted by atomic mass is 35.5. The summed E-state index contributed by atoms with van der Waals surface area (Å²) in [6, 6.07) is 2.35. The summed E-state index contributed by atoms with van der Waals surface area (Å²) in [5.74, 6) is -1.36. The second kappa shape index (κ2) is 7.84. The number of amides is 1. The van der Waals surface area contributed by atoms with Crippen LogP contribution in [0.4, 0.5) is 5.69 Å². The maximum Gasteiger partial charge on any atom is 0.326 e. The first-order chi connectivity index (χ1) is 9.86. The number of carbonyl (C=O) groups is 2. The molecule has 7 nitrogen and oxygen atoms in total. The van der Waals surface area contributed by atoms with Crippen LogP contribution < -0.4 is 5.32 Å². The lowest BCUT2D eigenvalue weighted by molar-refractivity contribution is -0.384. The molecule has 0 unspecified atom stereocenters. The normalized spacial score (nSPS) is 11.7. The molecule has 0 aromatic heterocycles. The number of nitro groups is 1. The number of carbonyl (C=O) groups excluding carboxylic acids is 1. The van der Waals surface area contributed by atoms with Crippen LogP contribution in [0.15, 0.2) is 18.2 Å². The maximum atomic E-state index is 12.0. The fourth-order valence-corrected chi connectivity index (χ4v) is 2.20. The average Bonchev–Trinajstić information content (AvgIpc) is 2.42. The fourth-order valence-electron chi connectivity index (χ4n) is 1.53. The number of benzene rings is 1. The van der Waals surface area contributed by atoms with Crippen molar-refractivity contribution in [3.8, 4) is 0 Å². The second-order valence-electron chi connectivity index (χ2n) is 4.07. The Morgan fingerprint density at radius 3 is 2.71 bits per heavy atom. The van der Waals surface area contributed by atoms with Gasteiger partial charge in [-0.05, 0) is 24.5 Å². The van der Waals surface area contributed by atoms with Crippen molar-refractivity contribution in [1.29, 1.82) is 0 Å². The molecule has 0 aliphatic rings. The van der Waals surface area contributed by atoms with Crippen molar-refractivity contribution in [3.05, 3.63) is 38.9 Å². The lowest BCUT2D eigenvalue weighted by atomic mass is 10.1. The van der Waals surface area contributed by atoms with Crippen molar-refractivity contribution >= 4 is 40.9 Å². The van der Waals surface area contributed by atoms with Gasteiger partial charge in [-0.15, -0.1) is 0 Å². The minimum absolute atomic E-state index is 0.0205. The highest BCUT2D eigenvalue weighted by Crippen LogP contribution is 2.22. The number of non-ortho nitro benzene ring substituents is 1. The van der Waals surface area contributed by atoms with Crippen LogP contribution in [0, 0.1) is 10.1 Å². The standard InChI is InChI=1S/C12H13ClN2O5S/c1-21-5-4-10(12(17)18)14-11(16)8-6-7(15(19)20)2-3-9(8)13/h2-3,6,10H,4-5H2,1H3,(H,14,16)(H,17,18)/t10-/m0/s1. The quantitative estimate of drug-likeness (QED) is 0.585. The van der Waals surface area contributed by atoms with Gasteiger partial charge in [0.25, 0.3) is 11.6 Å². The van der Waals surface area contributed by atoms with Crippen molar-refractivity contribution in [3.63, 3.8) is 0 Å². The summed E-state index contributed by atoms with van der Waals surface area (Å²) < 4.78 is 0. The van der Waals surface area contributed by atoms with Crippen LogP contribution in [0.1, 0.15) is 16.8 Å². The number of nitrogens with one attached hydrogen (secondary N) is 1. The summed E-state index contributed by atoms with van der Waals surface area (Å²) in [6.45, 7) is 0. The molecule has 2 N–H and O–H groups in total. The van der Waals surface area contributed by atoms with Crippen LogP contribution in [-0.2, 0) is 4.79 Å². The van der Waals surface area contributed by atoms with E-state index >= 15 is 0 Å². The highest BCUT2D eigenvalue weighted by molar-refractivity contribution is 7.98. The Morgan fingerprint density at radius 2 is 2.19 bits per heavy atom. The number of carboxylic acids is 1. The van der Waals surface area contributed by atoms with Crippen molar-refractivity contribution in [2.75, 3.05) is 12.0 Å². The Labute approximate surface area is 129 Å². The molecule has 0 bridgehead atoms. The van der Waals surface area contributed by atoms with Gasteiger partial charge in [0, 0.05) is 12.1 Å². The number of nitro benzene ring substituents is 1. The molecule has 1 rings (SSSR count). The largest absolute Gasteiger partial charge is 0.480 e. The van der Waals surface area contributed by atoms with Gasteiger partial charge in [-0.3, -0.25) is 14.9 Å². The van der Waals surface area contributed by atoms with Gasteiger partial charge >= 0.3 is 5.97 Å². The Balaban J connectivity index is 2.94. The molecule has 1 atom stereocenters. The van der Waals surface area contributed by atoms with E-state index in [1.807, 2.05) is 6.26 Å². The summed E-state index contributed by atoms with van der Waals surface area (Å²) in [5, 5.41) is 22.1. The van der Waals surface area contributed by atoms with Gasteiger partial charge in [0.2, 0.25) is 0 Å². The van der Waals surface area contributed by atoms with E-state index < -0.39 is 22.8 Å². The molecule has 0 heterocycles. The van der Waals surface area contributed by atoms with E-state index in [1.54, 1.807) is 0 Å². The Bertz CT molecular complexity index is 567. The first-order valence-corrected chi connectivity index (χ1v) is 7.60. The lowest BCUT2D eigenvalue weighted by Gasteiger charge is -2.14. The van der Waals surface area contributed by atoms with Gasteiger partial charge in [0.05, 0.1) is 15.5 Å². The van der Waals surface area contributed by atoms with Gasteiger partial charge in [-0.1, -0.05) is 11.6 Å². The molecule has 0 aliphatic heterocycles. The number of carboxylic acid groups (broad SMARTS) is 1. The van der Waals surface area contributed by atoms with Gasteiger partial charge in [-0.25, -0.2) is 4.79 Å². The number of hydrogen-bond donors (Lipinski definition) is 2. The molecule has 0 fully saturated rings. The molecular weight excluding hydrogens is 320 g/mol. The van der Waals surface area contributed by atoms with Crippen molar-refractivity contribution in [2.24, 2.45) is 0 Å². The van der Waals surface area contributed by atoms with E-state index in [2.05, 4.69) is 5.32 Å². The summed E-state index contributed by atoms with van der Waals surface area (Å²) in [4.78, 5) is 33.1. The number of nitrogens with zero attached hydrogens (tertiary/aromatic N) is 1. The molecular formula is C12H13ClN2O5S. The highest BCUT2D eigenvalue weighted by Gasteiger charge is 2.22. The summed E-state index contributed by atoms with van der Waals surface area (Å²) >= 11 is 7.28. The van der Waals surface area contributed by atoms with Crippen molar-refractivity contribution in [2.45, 2.75) is 12.5 Å². The van der Waals surface area contributed by atoms with Gasteiger partial charge in [0.1, 0.15) is 6.04 Å². The molecule has 0 radical (unpaired) electrons. The van der Waals surface area contributed by atoms with E-state index in [0.29, 0.717) is 5.75 Å². The molecule has 0 aliphatic carbocycles. The molecule has 0 saturated carbocycles. The van der Waals surface area contributed by atoms with Crippen LogP contribution in [-0.4, -0.2) is 40.0 Å². The van der Waals surface area contributed by atoms with E-state index in [9.17, 15) is 19.7 Å². The zero-order chi connectivity index (χ0) is 16.0. The lowest BCUT2D eigenvalue weighted by Crippen LogP contribution is -2.41. The smallest absolute Gasteiger partial charge is 0.326 e. The number of aliphatic carboxylic acids is 1. The van der Waals surface area contributed by atoms with Gasteiger partial charge in [-0.2, -0.15) is 11.8 Å². The summed E-state index contributed by atoms with van der Waals surface area (Å²) in [6.07, 6.45) is 2.06. The molecule has 114 valence electrons. The van der Waals surface area contributed by atoms with Crippen LogP contribution in [0.25, 0.3) is 0 Å². The van der Waals surface area contributed by atoms with Crippen LogP contribution in [0.3, 0.4) is 0 Å². The van der Waals surface area contributed by atoms with Gasteiger partial charge in [0.15, 0.2) is 0 Å². The molecule has 0 spiro atoms. The first-order valence-electron chi connectivity index (χ1n) is 5.83. The molecule has 1 aromatic carbocycles. The zero-order valence-corrected chi connectivity index (χ0v) is 12.6. The molecule has 0 saturated heterocycles. The monoisotopic (exact) mass is 332 g/mol. The fraction of sp³-hybridized carbons (Fsp3) is 0.333. The minimum atomic E-state index is -1.17. The zero-order valence-electron chi connectivity index (χ0n) is 11.0. The first kappa shape index (κ1) is 17.3. The van der Waals surface area contributed by atoms with Gasteiger partial charge < -0.3 is 10.4 Å². The third-order valence-corrected chi connectivity index (χ3v) is 3.59. The molecule has 1 aromatic rings. The number of rotatable bonds is 7.